The topological polar surface area (TPSA) is 110 Å². The van der Waals surface area contributed by atoms with Gasteiger partial charge in [-0.05, 0) is 0 Å². The Kier molecular flexibility index (Phi) is 4.12. The number of methoxy groups -OCH3 is 1. The van der Waals surface area contributed by atoms with E-state index in [0.29, 0.717) is 25.6 Å². The molecule has 0 bridgehead atoms. The summed E-state index contributed by atoms with van der Waals surface area (Å²) in [5.41, 5.74) is -0.530. The predicted octanol–water partition coefficient (Wildman–Crippen LogP) is 1.08. The smallest absolute Gasteiger partial charge is 0.289 e. The van der Waals surface area contributed by atoms with Crippen LogP contribution in [-0.4, -0.2) is 42.4 Å². The van der Waals surface area contributed by atoms with Crippen molar-refractivity contribution in [3.05, 3.63) is 27.9 Å². The first-order valence-corrected chi connectivity index (χ1v) is 6.01. The number of nitrogens with one attached hydrogen (secondary N) is 1. The van der Waals surface area contributed by atoms with Crippen LogP contribution in [0.5, 0.6) is 0 Å². The van der Waals surface area contributed by atoms with Gasteiger partial charge in [-0.2, -0.15) is 5.26 Å². The van der Waals surface area contributed by atoms with E-state index in [1.165, 1.54) is 6.07 Å². The largest absolute Gasteiger partial charge is 0.378 e. The van der Waals surface area contributed by atoms with Gasteiger partial charge < -0.3 is 14.8 Å². The first-order chi connectivity index (χ1) is 9.60. The van der Waals surface area contributed by atoms with Crippen LogP contribution >= 0.6 is 0 Å². The van der Waals surface area contributed by atoms with E-state index in [-0.39, 0.29) is 11.3 Å². The van der Waals surface area contributed by atoms with Gasteiger partial charge in [0.2, 0.25) is 0 Å². The number of rotatable bonds is 5. The summed E-state index contributed by atoms with van der Waals surface area (Å²) < 4.78 is 10.8. The minimum Gasteiger partial charge on any atom is -0.378 e. The van der Waals surface area contributed by atoms with Gasteiger partial charge in [-0.1, -0.05) is 0 Å². The van der Waals surface area contributed by atoms with Gasteiger partial charge in [-0.15, -0.1) is 0 Å². The van der Waals surface area contributed by atoms with Crippen LogP contribution in [0.1, 0.15) is 12.0 Å². The molecule has 20 heavy (non-hydrogen) atoms. The Morgan fingerprint density at radius 3 is 3.10 bits per heavy atom. The van der Waals surface area contributed by atoms with Crippen molar-refractivity contribution in [2.45, 2.75) is 12.0 Å². The average Bonchev–Trinajstić information content (AvgIpc) is 2.94. The zero-order valence-corrected chi connectivity index (χ0v) is 11.0. The molecule has 1 saturated heterocycles. The van der Waals surface area contributed by atoms with Gasteiger partial charge in [0.05, 0.1) is 11.5 Å². The predicted molar refractivity (Wildman–Crippen MR) is 69.3 cm³/mol. The number of aromatic nitrogens is 1. The fraction of sp³-hybridized carbons (Fsp3) is 0.500. The molecule has 8 nitrogen and oxygen atoms in total. The summed E-state index contributed by atoms with van der Waals surface area (Å²) in [5, 5.41) is 22.7. The number of pyridine rings is 1. The monoisotopic (exact) mass is 278 g/mol. The van der Waals surface area contributed by atoms with Crippen LogP contribution in [0, 0.1) is 21.4 Å². The molecule has 106 valence electrons. The lowest BCUT2D eigenvalue weighted by molar-refractivity contribution is -0.385. The summed E-state index contributed by atoms with van der Waals surface area (Å²) in [6.07, 6.45) is 1.86. The molecule has 1 atom stereocenters. The van der Waals surface area contributed by atoms with Gasteiger partial charge >= 0.3 is 0 Å². The van der Waals surface area contributed by atoms with Crippen molar-refractivity contribution in [2.24, 2.45) is 0 Å². The molecule has 1 aromatic rings. The van der Waals surface area contributed by atoms with Crippen LogP contribution in [0.15, 0.2) is 12.3 Å². The maximum atomic E-state index is 10.6. The lowest BCUT2D eigenvalue weighted by atomic mass is 10.0. The second-order valence-corrected chi connectivity index (χ2v) is 4.50. The number of ether oxygens (including phenoxy) is 2. The lowest BCUT2D eigenvalue weighted by Gasteiger charge is -2.26. The number of anilines is 1. The third-order valence-electron chi connectivity index (χ3n) is 3.28. The molecule has 2 heterocycles. The quantitative estimate of drug-likeness (QED) is 0.633. The van der Waals surface area contributed by atoms with Crippen LogP contribution < -0.4 is 5.32 Å². The minimum absolute atomic E-state index is 0.129. The molecule has 0 saturated carbocycles. The van der Waals surface area contributed by atoms with E-state index in [4.69, 9.17) is 14.7 Å². The molecular weight excluding hydrogens is 264 g/mol. The van der Waals surface area contributed by atoms with Crippen LogP contribution in [0.4, 0.5) is 11.5 Å². The number of nitro groups is 1. The highest BCUT2D eigenvalue weighted by Crippen LogP contribution is 2.24. The maximum Gasteiger partial charge on any atom is 0.289 e. The van der Waals surface area contributed by atoms with E-state index in [2.05, 4.69) is 10.3 Å². The van der Waals surface area contributed by atoms with Crippen LogP contribution in [0.3, 0.4) is 0 Å². The molecule has 1 fully saturated rings. The van der Waals surface area contributed by atoms with Gasteiger partial charge in [0.1, 0.15) is 29.2 Å². The van der Waals surface area contributed by atoms with Gasteiger partial charge in [-0.25, -0.2) is 4.98 Å². The summed E-state index contributed by atoms with van der Waals surface area (Å²) in [5.74, 6) is 0.307. The summed E-state index contributed by atoms with van der Waals surface area (Å²) in [4.78, 5) is 14.0. The van der Waals surface area contributed by atoms with E-state index in [0.717, 1.165) is 12.6 Å². The summed E-state index contributed by atoms with van der Waals surface area (Å²) in [6, 6.07) is 3.09. The molecule has 1 aliphatic rings. The zero-order valence-electron chi connectivity index (χ0n) is 11.0. The van der Waals surface area contributed by atoms with E-state index in [1.54, 1.807) is 7.11 Å². The van der Waals surface area contributed by atoms with Crippen molar-refractivity contribution in [2.75, 3.05) is 32.2 Å². The van der Waals surface area contributed by atoms with E-state index < -0.39 is 10.5 Å². The van der Waals surface area contributed by atoms with Crippen molar-refractivity contribution < 1.29 is 14.4 Å². The van der Waals surface area contributed by atoms with Gasteiger partial charge in [0.15, 0.2) is 0 Å². The van der Waals surface area contributed by atoms with Gasteiger partial charge in [0.25, 0.3) is 5.69 Å². The molecule has 0 aliphatic carbocycles. The average molecular weight is 278 g/mol. The number of nitrogens with zero attached hydrogens (tertiary/aromatic N) is 3. The molecule has 1 aromatic heterocycles. The van der Waals surface area contributed by atoms with Crippen LogP contribution in [-0.2, 0) is 9.47 Å². The highest BCUT2D eigenvalue weighted by molar-refractivity contribution is 5.55. The Hall–Kier alpha value is -2.24. The fourth-order valence-corrected chi connectivity index (χ4v) is 1.99. The first-order valence-electron chi connectivity index (χ1n) is 6.01. The summed E-state index contributed by atoms with van der Waals surface area (Å²) in [6.45, 7) is 1.50. The Morgan fingerprint density at radius 1 is 1.75 bits per heavy atom. The molecule has 0 aromatic carbocycles. The fourth-order valence-electron chi connectivity index (χ4n) is 1.99. The molecular formula is C12H14N4O4. The second-order valence-electron chi connectivity index (χ2n) is 4.50. The SMILES string of the molecule is COC1(CNc2ncc([N+](=O)[O-])cc2C#N)CCOC1. The van der Waals surface area contributed by atoms with E-state index in [9.17, 15) is 10.1 Å². The lowest BCUT2D eigenvalue weighted by Crippen LogP contribution is -2.39. The Bertz CT molecular complexity index is 549. The highest BCUT2D eigenvalue weighted by atomic mass is 16.6. The zero-order chi connectivity index (χ0) is 14.6. The molecule has 1 aliphatic heterocycles. The third kappa shape index (κ3) is 2.84. The number of hydrogen-bond donors (Lipinski definition) is 1. The normalized spacial score (nSPS) is 21.4. The Morgan fingerprint density at radius 2 is 2.55 bits per heavy atom. The molecule has 1 unspecified atom stereocenters. The van der Waals surface area contributed by atoms with Crippen molar-refractivity contribution >= 4 is 11.5 Å². The summed E-state index contributed by atoms with van der Waals surface area (Å²) in [7, 11) is 1.60. The summed E-state index contributed by atoms with van der Waals surface area (Å²) >= 11 is 0. The van der Waals surface area contributed by atoms with E-state index >= 15 is 0 Å². The molecule has 8 heteroatoms. The standard InChI is InChI=1S/C12H14N4O4/c1-19-12(2-3-20-8-12)7-15-11-9(5-13)4-10(6-14-11)16(17)18/h4,6H,2-3,7-8H2,1H3,(H,14,15). The Balaban J connectivity index is 2.13. The van der Waals surface area contributed by atoms with Crippen molar-refractivity contribution in [1.29, 1.82) is 5.26 Å². The van der Waals surface area contributed by atoms with E-state index in [1.807, 2.05) is 6.07 Å². The third-order valence-corrected chi connectivity index (χ3v) is 3.28. The van der Waals surface area contributed by atoms with Crippen LogP contribution in [0.2, 0.25) is 0 Å². The molecule has 0 amide bonds. The number of hydrogen-bond acceptors (Lipinski definition) is 7. The van der Waals surface area contributed by atoms with Crippen molar-refractivity contribution in [3.8, 4) is 6.07 Å². The van der Waals surface area contributed by atoms with Crippen LogP contribution in [0.25, 0.3) is 0 Å². The van der Waals surface area contributed by atoms with Gasteiger partial charge in [-0.3, -0.25) is 10.1 Å². The maximum absolute atomic E-state index is 10.6. The Labute approximate surface area is 115 Å². The number of nitriles is 1. The minimum atomic E-state index is -0.584. The second kappa shape index (κ2) is 5.81. The van der Waals surface area contributed by atoms with Crippen molar-refractivity contribution in [3.63, 3.8) is 0 Å². The molecule has 2 rings (SSSR count). The van der Waals surface area contributed by atoms with Gasteiger partial charge in [0, 0.05) is 32.7 Å². The molecule has 0 spiro atoms. The van der Waals surface area contributed by atoms with Crippen molar-refractivity contribution in [1.82, 2.24) is 4.98 Å². The highest BCUT2D eigenvalue weighted by Gasteiger charge is 2.35. The molecule has 1 N–H and O–H groups in total. The first kappa shape index (κ1) is 14.2. The molecule has 0 radical (unpaired) electrons.